The molecule has 0 aliphatic carbocycles. The minimum atomic E-state index is -0.133. The molecule has 1 atom stereocenters. The fraction of sp³-hybridized carbons (Fsp3) is 0.333. The average Bonchev–Trinajstić information content (AvgIpc) is 1.88. The highest BCUT2D eigenvalue weighted by Crippen LogP contribution is 2.12. The topological polar surface area (TPSA) is 45.8 Å². The standard InChI is InChI=1S/C6H8N2OS/c1-4(10)5-2-6(9)8-3-7-5/h2-4,10H,1H3,(H,7,8,9). The lowest BCUT2D eigenvalue weighted by atomic mass is 10.3. The van der Waals surface area contributed by atoms with Crippen LogP contribution in [-0.4, -0.2) is 9.97 Å². The van der Waals surface area contributed by atoms with Crippen LogP contribution in [0.2, 0.25) is 0 Å². The second-order valence-electron chi connectivity index (χ2n) is 2.01. The van der Waals surface area contributed by atoms with Crippen molar-refractivity contribution in [2.75, 3.05) is 0 Å². The molecule has 1 unspecified atom stereocenters. The molecule has 4 heteroatoms. The van der Waals surface area contributed by atoms with Gasteiger partial charge in [0.25, 0.3) is 5.56 Å². The molecule has 0 bridgehead atoms. The summed E-state index contributed by atoms with van der Waals surface area (Å²) in [7, 11) is 0. The third-order valence-electron chi connectivity index (χ3n) is 1.13. The van der Waals surface area contributed by atoms with E-state index in [1.54, 1.807) is 0 Å². The maximum absolute atomic E-state index is 10.7. The molecule has 0 aliphatic rings. The van der Waals surface area contributed by atoms with Crippen molar-refractivity contribution in [2.45, 2.75) is 12.2 Å². The van der Waals surface area contributed by atoms with Crippen LogP contribution in [0.3, 0.4) is 0 Å². The molecular formula is C6H8N2OS. The summed E-state index contributed by atoms with van der Waals surface area (Å²) in [5.41, 5.74) is 0.568. The molecule has 0 saturated heterocycles. The van der Waals surface area contributed by atoms with Crippen LogP contribution in [-0.2, 0) is 0 Å². The van der Waals surface area contributed by atoms with E-state index >= 15 is 0 Å². The Morgan fingerprint density at radius 1 is 1.80 bits per heavy atom. The zero-order valence-electron chi connectivity index (χ0n) is 5.53. The maximum Gasteiger partial charge on any atom is 0.250 e. The van der Waals surface area contributed by atoms with Gasteiger partial charge in [0.2, 0.25) is 0 Å². The normalized spacial score (nSPS) is 13.0. The van der Waals surface area contributed by atoms with E-state index in [1.165, 1.54) is 12.4 Å². The number of rotatable bonds is 1. The van der Waals surface area contributed by atoms with Crippen molar-refractivity contribution < 1.29 is 0 Å². The first kappa shape index (κ1) is 7.34. The van der Waals surface area contributed by atoms with Crippen LogP contribution in [0.25, 0.3) is 0 Å². The summed E-state index contributed by atoms with van der Waals surface area (Å²) in [6.45, 7) is 1.87. The number of aromatic nitrogens is 2. The highest BCUT2D eigenvalue weighted by molar-refractivity contribution is 7.80. The zero-order chi connectivity index (χ0) is 7.56. The summed E-state index contributed by atoms with van der Waals surface area (Å²) in [6, 6.07) is 1.44. The van der Waals surface area contributed by atoms with Crippen LogP contribution in [0.1, 0.15) is 17.9 Å². The number of thiol groups is 1. The van der Waals surface area contributed by atoms with Gasteiger partial charge in [-0.25, -0.2) is 4.98 Å². The van der Waals surface area contributed by atoms with E-state index in [4.69, 9.17) is 0 Å². The molecule has 0 radical (unpaired) electrons. The lowest BCUT2D eigenvalue weighted by Crippen LogP contribution is -2.06. The first-order valence-electron chi connectivity index (χ1n) is 2.93. The molecule has 1 rings (SSSR count). The number of aromatic amines is 1. The second kappa shape index (κ2) is 2.88. The Kier molecular flexibility index (Phi) is 2.11. The molecule has 1 aromatic heterocycles. The van der Waals surface area contributed by atoms with Crippen molar-refractivity contribution in [3.05, 3.63) is 28.4 Å². The summed E-state index contributed by atoms with van der Waals surface area (Å²) < 4.78 is 0. The first-order valence-corrected chi connectivity index (χ1v) is 3.44. The van der Waals surface area contributed by atoms with Crippen LogP contribution in [0, 0.1) is 0 Å². The van der Waals surface area contributed by atoms with Crippen LogP contribution in [0.4, 0.5) is 0 Å². The van der Waals surface area contributed by atoms with E-state index in [-0.39, 0.29) is 10.8 Å². The van der Waals surface area contributed by atoms with E-state index in [2.05, 4.69) is 22.6 Å². The van der Waals surface area contributed by atoms with Gasteiger partial charge in [-0.3, -0.25) is 4.79 Å². The minimum absolute atomic E-state index is 0.0160. The smallest absolute Gasteiger partial charge is 0.250 e. The highest BCUT2D eigenvalue weighted by Gasteiger charge is 1.99. The average molecular weight is 156 g/mol. The summed E-state index contributed by atoms with van der Waals surface area (Å²) in [5, 5.41) is 0.0160. The lowest BCUT2D eigenvalue weighted by Gasteiger charge is -1.99. The Morgan fingerprint density at radius 2 is 2.50 bits per heavy atom. The molecule has 0 aromatic carbocycles. The fourth-order valence-corrected chi connectivity index (χ4v) is 0.753. The van der Waals surface area contributed by atoms with Gasteiger partial charge < -0.3 is 4.98 Å². The molecule has 3 nitrogen and oxygen atoms in total. The SMILES string of the molecule is CC(S)c1cc(=O)[nH]cn1. The Hall–Kier alpha value is -0.770. The van der Waals surface area contributed by atoms with Crippen molar-refractivity contribution in [3.8, 4) is 0 Å². The van der Waals surface area contributed by atoms with Gasteiger partial charge >= 0.3 is 0 Å². The third-order valence-corrected chi connectivity index (χ3v) is 1.39. The maximum atomic E-state index is 10.7. The number of nitrogens with one attached hydrogen (secondary N) is 1. The van der Waals surface area contributed by atoms with Gasteiger partial charge in [-0.2, -0.15) is 12.6 Å². The van der Waals surface area contributed by atoms with E-state index in [0.717, 1.165) is 0 Å². The Bertz CT molecular complexity index is 268. The molecule has 0 spiro atoms. The molecule has 1 aromatic rings. The minimum Gasteiger partial charge on any atom is -0.313 e. The molecule has 54 valence electrons. The molecule has 0 fully saturated rings. The third kappa shape index (κ3) is 1.60. The van der Waals surface area contributed by atoms with E-state index in [1.807, 2.05) is 6.92 Å². The highest BCUT2D eigenvalue weighted by atomic mass is 32.1. The quantitative estimate of drug-likeness (QED) is 0.590. The summed E-state index contributed by atoms with van der Waals surface area (Å²) in [4.78, 5) is 17.0. The lowest BCUT2D eigenvalue weighted by molar-refractivity contribution is 0.966. The Balaban J connectivity index is 3.07. The molecular weight excluding hydrogens is 148 g/mol. The van der Waals surface area contributed by atoms with Crippen molar-refractivity contribution in [2.24, 2.45) is 0 Å². The molecule has 0 saturated carbocycles. The van der Waals surface area contributed by atoms with Gasteiger partial charge in [-0.15, -0.1) is 0 Å². The van der Waals surface area contributed by atoms with E-state index < -0.39 is 0 Å². The monoisotopic (exact) mass is 156 g/mol. The van der Waals surface area contributed by atoms with Gasteiger partial charge in [-0.1, -0.05) is 0 Å². The molecule has 10 heavy (non-hydrogen) atoms. The van der Waals surface area contributed by atoms with Gasteiger partial charge in [0, 0.05) is 11.3 Å². The van der Waals surface area contributed by atoms with Gasteiger partial charge in [0.05, 0.1) is 12.0 Å². The van der Waals surface area contributed by atoms with Gasteiger partial charge in [0.1, 0.15) is 0 Å². The van der Waals surface area contributed by atoms with Gasteiger partial charge in [0.15, 0.2) is 0 Å². The summed E-state index contributed by atoms with van der Waals surface area (Å²) in [5.74, 6) is 0. The fourth-order valence-electron chi connectivity index (χ4n) is 0.612. The number of H-pyrrole nitrogens is 1. The molecule has 0 amide bonds. The molecule has 1 heterocycles. The second-order valence-corrected chi connectivity index (χ2v) is 2.79. The molecule has 0 aliphatic heterocycles. The van der Waals surface area contributed by atoms with Crippen LogP contribution in [0.15, 0.2) is 17.2 Å². The zero-order valence-corrected chi connectivity index (χ0v) is 6.43. The van der Waals surface area contributed by atoms with Crippen molar-refractivity contribution >= 4 is 12.6 Å². The van der Waals surface area contributed by atoms with E-state index in [0.29, 0.717) is 5.69 Å². The van der Waals surface area contributed by atoms with Gasteiger partial charge in [-0.05, 0) is 6.92 Å². The predicted octanol–water partition coefficient (Wildman–Crippen LogP) is 0.761. The van der Waals surface area contributed by atoms with E-state index in [9.17, 15) is 4.79 Å². The summed E-state index contributed by atoms with van der Waals surface area (Å²) in [6.07, 6.45) is 1.38. The number of hydrogen-bond donors (Lipinski definition) is 2. The van der Waals surface area contributed by atoms with Crippen molar-refractivity contribution in [1.82, 2.24) is 9.97 Å². The molecule has 1 N–H and O–H groups in total. The Labute approximate surface area is 63.9 Å². The summed E-state index contributed by atoms with van der Waals surface area (Å²) >= 11 is 4.12. The predicted molar refractivity (Wildman–Crippen MR) is 42.3 cm³/mol. The number of nitrogens with zero attached hydrogens (tertiary/aromatic N) is 1. The number of hydrogen-bond acceptors (Lipinski definition) is 3. The van der Waals surface area contributed by atoms with Crippen LogP contribution < -0.4 is 5.56 Å². The van der Waals surface area contributed by atoms with Crippen molar-refractivity contribution in [1.29, 1.82) is 0 Å². The largest absolute Gasteiger partial charge is 0.313 e. The Morgan fingerprint density at radius 3 is 2.90 bits per heavy atom. The van der Waals surface area contributed by atoms with Crippen LogP contribution >= 0.6 is 12.6 Å². The van der Waals surface area contributed by atoms with Crippen LogP contribution in [0.5, 0.6) is 0 Å². The first-order chi connectivity index (χ1) is 4.70. The van der Waals surface area contributed by atoms with Crippen molar-refractivity contribution in [3.63, 3.8) is 0 Å².